The van der Waals surface area contributed by atoms with E-state index in [2.05, 4.69) is 10.6 Å². The van der Waals surface area contributed by atoms with E-state index in [1.54, 1.807) is 36.5 Å². The largest absolute Gasteiger partial charge is 0.394 e. The molecule has 0 fully saturated rings. The Kier molecular flexibility index (Phi) is 14.4. The van der Waals surface area contributed by atoms with Gasteiger partial charge in [-0.25, -0.2) is 0 Å². The third kappa shape index (κ3) is 9.19. The SMILES string of the molecule is O=C1C=CC=C/C1=C/NC(CO)(CO)CO.O=C1C=CC=C/C1=C\NC(CO)(CO)CO.[Ni]. The second kappa shape index (κ2) is 15.5. The number of aliphatic hydroxyl groups is 6. The summed E-state index contributed by atoms with van der Waals surface area (Å²) in [6.45, 7) is -2.60. The van der Waals surface area contributed by atoms with E-state index in [4.69, 9.17) is 30.6 Å². The van der Waals surface area contributed by atoms with Crippen molar-refractivity contribution in [3.05, 3.63) is 72.2 Å². The van der Waals surface area contributed by atoms with Crippen molar-refractivity contribution in [3.8, 4) is 0 Å². The summed E-state index contributed by atoms with van der Waals surface area (Å²) in [4.78, 5) is 22.7. The molecular formula is C22H30N2NiO8. The van der Waals surface area contributed by atoms with Crippen LogP contribution in [0, 0.1) is 0 Å². The summed E-state index contributed by atoms with van der Waals surface area (Å²) < 4.78 is 0. The van der Waals surface area contributed by atoms with Crippen molar-refractivity contribution in [2.24, 2.45) is 0 Å². The fourth-order valence-electron chi connectivity index (χ4n) is 2.24. The average molecular weight is 509 g/mol. The summed E-state index contributed by atoms with van der Waals surface area (Å²) in [5.41, 5.74) is -1.60. The maximum Gasteiger partial charge on any atom is 0.187 e. The number of carbonyl (C=O) groups is 2. The Morgan fingerprint density at radius 1 is 0.576 bits per heavy atom. The van der Waals surface area contributed by atoms with Crippen molar-refractivity contribution in [2.45, 2.75) is 11.1 Å². The van der Waals surface area contributed by atoms with Crippen molar-refractivity contribution in [2.75, 3.05) is 39.6 Å². The average Bonchev–Trinajstić information content (AvgIpc) is 2.84. The predicted octanol–water partition coefficient (Wildman–Crippen LogP) is -2.26. The summed E-state index contributed by atoms with van der Waals surface area (Å²) in [5, 5.41) is 59.6. The van der Waals surface area contributed by atoms with E-state index in [9.17, 15) is 9.59 Å². The Bertz CT molecular complexity index is 738. The number of ketones is 2. The zero-order valence-corrected chi connectivity index (χ0v) is 18.8. The van der Waals surface area contributed by atoms with Crippen LogP contribution >= 0.6 is 0 Å². The zero-order chi connectivity index (χ0) is 24.0. The van der Waals surface area contributed by atoms with Crippen LogP contribution in [0.4, 0.5) is 0 Å². The monoisotopic (exact) mass is 508 g/mol. The van der Waals surface area contributed by atoms with Gasteiger partial charge in [-0.1, -0.05) is 24.3 Å². The molecule has 0 aromatic rings. The molecule has 0 aromatic heterocycles. The van der Waals surface area contributed by atoms with Gasteiger partial charge in [0, 0.05) is 40.0 Å². The van der Waals surface area contributed by atoms with Crippen LogP contribution in [0.1, 0.15) is 0 Å². The van der Waals surface area contributed by atoms with Crippen LogP contribution in [0.15, 0.2) is 72.2 Å². The minimum Gasteiger partial charge on any atom is -0.394 e. The van der Waals surface area contributed by atoms with E-state index >= 15 is 0 Å². The van der Waals surface area contributed by atoms with Gasteiger partial charge in [-0.2, -0.15) is 0 Å². The smallest absolute Gasteiger partial charge is 0.187 e. The standard InChI is InChI=1S/2C11H15NO4.Ni/c2*13-6-11(7-14,8-15)12-5-9-3-1-2-4-10(9)16;/h2*1-5,12-15H,6-8H2;/b9-5+;9-5-;. The van der Waals surface area contributed by atoms with Gasteiger partial charge in [-0.05, 0) is 24.3 Å². The Labute approximate surface area is 201 Å². The molecule has 0 aliphatic heterocycles. The second-order valence-electron chi connectivity index (χ2n) is 7.16. The first-order chi connectivity index (χ1) is 15.3. The second-order valence-corrected chi connectivity index (χ2v) is 7.16. The van der Waals surface area contributed by atoms with Gasteiger partial charge in [-0.3, -0.25) is 9.59 Å². The molecule has 0 radical (unpaired) electrons. The number of aliphatic hydroxyl groups excluding tert-OH is 6. The maximum atomic E-state index is 11.3. The molecule has 2 aliphatic carbocycles. The molecule has 0 unspecified atom stereocenters. The van der Waals surface area contributed by atoms with E-state index in [1.807, 2.05) is 0 Å². The molecular weight excluding hydrogens is 479 g/mol. The van der Waals surface area contributed by atoms with E-state index in [0.29, 0.717) is 11.1 Å². The van der Waals surface area contributed by atoms with E-state index in [-0.39, 0.29) is 28.1 Å². The van der Waals surface area contributed by atoms with Crippen molar-refractivity contribution < 1.29 is 56.7 Å². The van der Waals surface area contributed by atoms with Crippen molar-refractivity contribution in [1.29, 1.82) is 0 Å². The third-order valence-corrected chi connectivity index (χ3v) is 4.72. The molecule has 0 aromatic carbocycles. The Hall–Kier alpha value is -2.37. The fourth-order valence-corrected chi connectivity index (χ4v) is 2.24. The van der Waals surface area contributed by atoms with Crippen LogP contribution in [0.3, 0.4) is 0 Å². The number of nitrogens with one attached hydrogen (secondary N) is 2. The fraction of sp³-hybridized carbons (Fsp3) is 0.364. The first kappa shape index (κ1) is 30.6. The van der Waals surface area contributed by atoms with Crippen LogP contribution < -0.4 is 10.6 Å². The van der Waals surface area contributed by atoms with Crippen LogP contribution in [0.2, 0.25) is 0 Å². The minimum absolute atomic E-state index is 0. The van der Waals surface area contributed by atoms with E-state index < -0.39 is 50.7 Å². The number of hydrogen-bond acceptors (Lipinski definition) is 10. The van der Waals surface area contributed by atoms with Gasteiger partial charge >= 0.3 is 0 Å². The third-order valence-electron chi connectivity index (χ3n) is 4.72. The predicted molar refractivity (Wildman–Crippen MR) is 117 cm³/mol. The van der Waals surface area contributed by atoms with Gasteiger partial charge < -0.3 is 41.3 Å². The number of carbonyl (C=O) groups excluding carboxylic acids is 2. The molecule has 0 spiro atoms. The molecule has 8 N–H and O–H groups in total. The molecule has 0 atom stereocenters. The molecule has 0 bridgehead atoms. The number of hydrogen-bond donors (Lipinski definition) is 8. The summed E-state index contributed by atoms with van der Waals surface area (Å²) in [6.07, 6.45) is 15.4. The topological polar surface area (TPSA) is 180 Å². The molecule has 2 aliphatic rings. The van der Waals surface area contributed by atoms with E-state index in [0.717, 1.165) is 0 Å². The van der Waals surface area contributed by atoms with Gasteiger partial charge in [0.2, 0.25) is 0 Å². The van der Waals surface area contributed by atoms with Crippen LogP contribution in [0.5, 0.6) is 0 Å². The van der Waals surface area contributed by atoms with Gasteiger partial charge in [-0.15, -0.1) is 0 Å². The molecule has 186 valence electrons. The van der Waals surface area contributed by atoms with Gasteiger partial charge in [0.05, 0.1) is 39.6 Å². The molecule has 0 heterocycles. The molecule has 0 saturated carbocycles. The Morgan fingerprint density at radius 3 is 1.09 bits per heavy atom. The van der Waals surface area contributed by atoms with Crippen LogP contribution in [-0.2, 0) is 26.1 Å². The Morgan fingerprint density at radius 2 is 0.848 bits per heavy atom. The van der Waals surface area contributed by atoms with Gasteiger partial charge in [0.25, 0.3) is 0 Å². The van der Waals surface area contributed by atoms with E-state index in [1.165, 1.54) is 24.6 Å². The van der Waals surface area contributed by atoms with Crippen molar-refractivity contribution in [3.63, 3.8) is 0 Å². The van der Waals surface area contributed by atoms with Crippen LogP contribution in [-0.4, -0.2) is 92.9 Å². The van der Waals surface area contributed by atoms with Crippen LogP contribution in [0.25, 0.3) is 0 Å². The quantitative estimate of drug-likeness (QED) is 0.118. The normalized spacial score (nSPS) is 17.6. The molecule has 10 nitrogen and oxygen atoms in total. The summed E-state index contributed by atoms with van der Waals surface area (Å²) in [5.74, 6) is -0.338. The van der Waals surface area contributed by atoms with Crippen molar-refractivity contribution >= 4 is 11.6 Å². The first-order valence-corrected chi connectivity index (χ1v) is 9.74. The summed E-state index contributed by atoms with van der Waals surface area (Å²) in [6, 6.07) is 0. The molecule has 33 heavy (non-hydrogen) atoms. The molecule has 2 rings (SSSR count). The first-order valence-electron chi connectivity index (χ1n) is 9.74. The summed E-state index contributed by atoms with van der Waals surface area (Å²) in [7, 11) is 0. The van der Waals surface area contributed by atoms with Gasteiger partial charge in [0.15, 0.2) is 11.6 Å². The zero-order valence-electron chi connectivity index (χ0n) is 17.8. The molecule has 0 saturated heterocycles. The molecule has 11 heteroatoms. The van der Waals surface area contributed by atoms with Crippen molar-refractivity contribution in [1.82, 2.24) is 10.6 Å². The minimum atomic E-state index is -1.21. The number of allylic oxidation sites excluding steroid dienone is 10. The van der Waals surface area contributed by atoms with Gasteiger partial charge in [0.1, 0.15) is 11.1 Å². The molecule has 0 amide bonds. The Balaban J connectivity index is 0.000000602. The maximum absolute atomic E-state index is 11.3. The number of rotatable bonds is 10. The summed E-state index contributed by atoms with van der Waals surface area (Å²) >= 11 is 0.